The van der Waals surface area contributed by atoms with Gasteiger partial charge in [-0.3, -0.25) is 4.72 Å². The molecule has 9 nitrogen and oxygen atoms in total. The van der Waals surface area contributed by atoms with Crippen molar-refractivity contribution >= 4 is 55.3 Å². The summed E-state index contributed by atoms with van der Waals surface area (Å²) in [4.78, 5) is 9.92. The van der Waals surface area contributed by atoms with Crippen molar-refractivity contribution in [2.24, 2.45) is 0 Å². The predicted octanol–water partition coefficient (Wildman–Crippen LogP) is 5.19. The summed E-state index contributed by atoms with van der Waals surface area (Å²) in [5.41, 5.74) is 7.99. The third-order valence-electron chi connectivity index (χ3n) is 4.80. The summed E-state index contributed by atoms with van der Waals surface area (Å²) < 4.78 is 66.4. The molecule has 3 aromatic carbocycles. The van der Waals surface area contributed by atoms with Crippen LogP contribution in [0.3, 0.4) is 0 Å². The van der Waals surface area contributed by atoms with Crippen LogP contribution in [0.1, 0.15) is 0 Å². The molecule has 178 valence electrons. The normalized spacial score (nSPS) is 11.6. The van der Waals surface area contributed by atoms with Crippen molar-refractivity contribution in [3.8, 4) is 22.6 Å². The third-order valence-corrected chi connectivity index (χ3v) is 7.14. The van der Waals surface area contributed by atoms with E-state index in [-0.39, 0.29) is 16.8 Å². The molecule has 0 aliphatic heterocycles. The van der Waals surface area contributed by atoms with E-state index in [1.165, 1.54) is 12.1 Å². The van der Waals surface area contributed by atoms with E-state index < -0.39 is 32.3 Å². The van der Waals surface area contributed by atoms with Gasteiger partial charge in [-0.25, -0.2) is 27.2 Å². The number of nitrogen functional groups attached to an aromatic ring is 1. The lowest BCUT2D eigenvalue weighted by Gasteiger charge is -2.16. The molecular formula is C21H13ClF2N6O3S2. The number of fused-ring (bicyclic) bond motifs is 1. The zero-order chi connectivity index (χ0) is 24.7. The number of ether oxygens (including phenoxy) is 1. The molecule has 0 fully saturated rings. The van der Waals surface area contributed by atoms with E-state index in [4.69, 9.17) is 22.1 Å². The minimum atomic E-state index is -4.56. The van der Waals surface area contributed by atoms with Gasteiger partial charge in [-0.05, 0) is 35.9 Å². The van der Waals surface area contributed by atoms with E-state index in [0.717, 1.165) is 23.9 Å². The number of anilines is 2. The van der Waals surface area contributed by atoms with Gasteiger partial charge >= 0.3 is 0 Å². The standard InChI is InChI=1S/C21H13ClF2N6O3S2/c22-11-2-4-17(13(6-11)10-1-3-15-16(5-10)29-20(25)28-15)33-18-8-12(23)7-14(24)19(18)35(31,32)30-21-26-9-27-34-21/h1-9H,(H3,25,28,29)(H,26,27,30). The SMILES string of the molecule is Nc1nc2cc(-c3cc(Cl)ccc3Oc3cc(F)cc(F)c3S(=O)(=O)Nc3ncns3)ccc2[nH]1. The highest BCUT2D eigenvalue weighted by Gasteiger charge is 2.28. The van der Waals surface area contributed by atoms with E-state index in [2.05, 4.69) is 24.0 Å². The van der Waals surface area contributed by atoms with Crippen LogP contribution < -0.4 is 15.2 Å². The van der Waals surface area contributed by atoms with Gasteiger partial charge in [0.2, 0.25) is 5.13 Å². The van der Waals surface area contributed by atoms with Crippen LogP contribution in [0.15, 0.2) is 59.8 Å². The van der Waals surface area contributed by atoms with Crippen LogP contribution in [0.2, 0.25) is 5.02 Å². The van der Waals surface area contributed by atoms with E-state index in [1.54, 1.807) is 24.3 Å². The van der Waals surface area contributed by atoms with Crippen LogP contribution in [-0.2, 0) is 10.0 Å². The molecule has 0 aliphatic carbocycles. The first-order valence-corrected chi connectivity index (χ1v) is 12.3. The fourth-order valence-corrected chi connectivity index (χ4v) is 5.39. The lowest BCUT2D eigenvalue weighted by atomic mass is 10.0. The molecule has 35 heavy (non-hydrogen) atoms. The second-order valence-electron chi connectivity index (χ2n) is 7.16. The van der Waals surface area contributed by atoms with Gasteiger partial charge in [0.05, 0.1) is 11.0 Å². The number of sulfonamides is 1. The average Bonchev–Trinajstić information content (AvgIpc) is 3.41. The Morgan fingerprint density at radius 3 is 2.69 bits per heavy atom. The fraction of sp³-hybridized carbons (Fsp3) is 0. The number of aromatic amines is 1. The monoisotopic (exact) mass is 534 g/mol. The Balaban J connectivity index is 1.61. The van der Waals surface area contributed by atoms with Gasteiger partial charge in [0.25, 0.3) is 10.0 Å². The Morgan fingerprint density at radius 1 is 1.09 bits per heavy atom. The lowest BCUT2D eigenvalue weighted by molar-refractivity contribution is 0.446. The van der Waals surface area contributed by atoms with Gasteiger partial charge in [0.1, 0.15) is 17.9 Å². The number of nitrogens with two attached hydrogens (primary N) is 1. The van der Waals surface area contributed by atoms with Crippen molar-refractivity contribution in [1.29, 1.82) is 0 Å². The number of halogens is 3. The molecule has 0 radical (unpaired) electrons. The molecule has 0 spiro atoms. The number of benzene rings is 3. The number of hydrogen-bond donors (Lipinski definition) is 3. The van der Waals surface area contributed by atoms with Crippen molar-refractivity contribution < 1.29 is 21.9 Å². The zero-order valence-electron chi connectivity index (χ0n) is 17.3. The smallest absolute Gasteiger partial charge is 0.270 e. The maximum absolute atomic E-state index is 14.8. The molecule has 0 atom stereocenters. The quantitative estimate of drug-likeness (QED) is 0.273. The number of nitrogens with one attached hydrogen (secondary N) is 2. The van der Waals surface area contributed by atoms with Crippen LogP contribution in [0.25, 0.3) is 22.2 Å². The minimum absolute atomic E-state index is 0.0922. The van der Waals surface area contributed by atoms with E-state index in [9.17, 15) is 17.2 Å². The molecule has 0 unspecified atom stereocenters. The third kappa shape index (κ3) is 4.60. The van der Waals surface area contributed by atoms with Gasteiger partial charge in [-0.2, -0.15) is 4.37 Å². The molecule has 4 N–H and O–H groups in total. The molecule has 0 aliphatic rings. The van der Waals surface area contributed by atoms with Gasteiger partial charge in [-0.15, -0.1) is 0 Å². The summed E-state index contributed by atoms with van der Waals surface area (Å²) in [5.74, 6) is -2.63. The van der Waals surface area contributed by atoms with Gasteiger partial charge in [-0.1, -0.05) is 17.7 Å². The molecule has 14 heteroatoms. The molecule has 0 saturated heterocycles. The Labute approximate surface area is 205 Å². The maximum atomic E-state index is 14.8. The highest BCUT2D eigenvalue weighted by atomic mass is 35.5. The summed E-state index contributed by atoms with van der Waals surface area (Å²) in [6, 6.07) is 10.9. The lowest BCUT2D eigenvalue weighted by Crippen LogP contribution is -2.16. The summed E-state index contributed by atoms with van der Waals surface area (Å²) in [7, 11) is -4.56. The second kappa shape index (κ2) is 8.76. The van der Waals surface area contributed by atoms with Crippen LogP contribution in [0.5, 0.6) is 11.5 Å². The van der Waals surface area contributed by atoms with Crippen molar-refractivity contribution in [3.05, 3.63) is 71.5 Å². The fourth-order valence-electron chi connectivity index (χ4n) is 3.39. The zero-order valence-corrected chi connectivity index (χ0v) is 19.7. The Morgan fingerprint density at radius 2 is 1.91 bits per heavy atom. The van der Waals surface area contributed by atoms with Gasteiger partial charge in [0, 0.05) is 34.3 Å². The summed E-state index contributed by atoms with van der Waals surface area (Å²) in [5, 5.41) is 0.253. The summed E-state index contributed by atoms with van der Waals surface area (Å²) in [6.45, 7) is 0. The number of aromatic nitrogens is 4. The average molecular weight is 535 g/mol. The number of hydrogen-bond acceptors (Lipinski definition) is 8. The van der Waals surface area contributed by atoms with Crippen molar-refractivity contribution in [1.82, 2.24) is 19.3 Å². The Hall–Kier alpha value is -3.81. The highest BCUT2D eigenvalue weighted by Crippen LogP contribution is 2.39. The Kier molecular flexibility index (Phi) is 5.75. The van der Waals surface area contributed by atoms with Crippen LogP contribution >= 0.6 is 23.1 Å². The molecule has 0 saturated carbocycles. The van der Waals surface area contributed by atoms with E-state index >= 15 is 0 Å². The van der Waals surface area contributed by atoms with Crippen molar-refractivity contribution in [2.45, 2.75) is 4.90 Å². The van der Waals surface area contributed by atoms with Gasteiger partial charge in [0.15, 0.2) is 22.4 Å². The summed E-state index contributed by atoms with van der Waals surface area (Å²) >= 11 is 6.94. The van der Waals surface area contributed by atoms with E-state index in [1.807, 2.05) is 0 Å². The van der Waals surface area contributed by atoms with E-state index in [0.29, 0.717) is 33.2 Å². The topological polar surface area (TPSA) is 136 Å². The number of rotatable bonds is 6. The predicted molar refractivity (Wildman–Crippen MR) is 128 cm³/mol. The molecule has 5 aromatic rings. The van der Waals surface area contributed by atoms with Crippen LogP contribution in [0, 0.1) is 11.6 Å². The highest BCUT2D eigenvalue weighted by molar-refractivity contribution is 7.93. The van der Waals surface area contributed by atoms with Gasteiger partial charge < -0.3 is 15.5 Å². The van der Waals surface area contributed by atoms with Crippen molar-refractivity contribution in [3.63, 3.8) is 0 Å². The largest absolute Gasteiger partial charge is 0.455 e. The second-order valence-corrected chi connectivity index (χ2v) is 10.00. The Bertz CT molecular complexity index is 1680. The van der Waals surface area contributed by atoms with Crippen LogP contribution in [0.4, 0.5) is 19.9 Å². The molecule has 0 amide bonds. The molecule has 2 aromatic heterocycles. The summed E-state index contributed by atoms with van der Waals surface area (Å²) in [6.07, 6.45) is 1.13. The molecule has 0 bridgehead atoms. The van der Waals surface area contributed by atoms with Crippen LogP contribution in [-0.4, -0.2) is 27.7 Å². The maximum Gasteiger partial charge on any atom is 0.270 e. The first-order chi connectivity index (χ1) is 16.7. The first-order valence-electron chi connectivity index (χ1n) is 9.71. The van der Waals surface area contributed by atoms with Crippen molar-refractivity contribution in [2.75, 3.05) is 10.5 Å². The number of H-pyrrole nitrogens is 1. The number of nitrogens with zero attached hydrogens (tertiary/aromatic N) is 3. The molecular weight excluding hydrogens is 522 g/mol. The number of imidazole rings is 1. The molecule has 2 heterocycles. The molecule has 5 rings (SSSR count). The first kappa shape index (κ1) is 23.0. The minimum Gasteiger partial charge on any atom is -0.455 e.